The van der Waals surface area contributed by atoms with Gasteiger partial charge < -0.3 is 19.2 Å². The van der Waals surface area contributed by atoms with Crippen molar-refractivity contribution in [2.75, 3.05) is 25.3 Å². The number of amides is 1. The SMILES string of the molecule is CCOc1ccc(-c2coc3cc(OC)c(/C(C)=C/C(=O)Nc4ccc(SC)cc4)cc23)cc1. The predicted molar refractivity (Wildman–Crippen MR) is 140 cm³/mol. The van der Waals surface area contributed by atoms with Crippen LogP contribution in [0.4, 0.5) is 5.69 Å². The summed E-state index contributed by atoms with van der Waals surface area (Å²) in [5.74, 6) is 1.27. The van der Waals surface area contributed by atoms with Gasteiger partial charge in [0.2, 0.25) is 5.91 Å². The molecule has 1 heterocycles. The number of hydrogen-bond donors (Lipinski definition) is 1. The van der Waals surface area contributed by atoms with Crippen LogP contribution in [0.2, 0.25) is 0 Å². The topological polar surface area (TPSA) is 60.7 Å². The first kappa shape index (κ1) is 23.5. The second-order valence-electron chi connectivity index (χ2n) is 7.70. The zero-order valence-electron chi connectivity index (χ0n) is 19.7. The summed E-state index contributed by atoms with van der Waals surface area (Å²) in [7, 11) is 1.61. The van der Waals surface area contributed by atoms with Crippen LogP contribution < -0.4 is 14.8 Å². The maximum atomic E-state index is 12.7. The van der Waals surface area contributed by atoms with Gasteiger partial charge >= 0.3 is 0 Å². The Bertz CT molecular complexity index is 1320. The van der Waals surface area contributed by atoms with E-state index in [1.807, 2.05) is 80.8 Å². The minimum absolute atomic E-state index is 0.199. The molecule has 0 spiro atoms. The maximum Gasteiger partial charge on any atom is 0.248 e. The summed E-state index contributed by atoms with van der Waals surface area (Å²) in [4.78, 5) is 13.8. The van der Waals surface area contributed by atoms with Gasteiger partial charge in [0.25, 0.3) is 0 Å². The van der Waals surface area contributed by atoms with Gasteiger partial charge in [0.05, 0.1) is 20.0 Å². The van der Waals surface area contributed by atoms with E-state index in [4.69, 9.17) is 13.9 Å². The highest BCUT2D eigenvalue weighted by Gasteiger charge is 2.15. The lowest BCUT2D eigenvalue weighted by molar-refractivity contribution is -0.111. The van der Waals surface area contributed by atoms with Crippen molar-refractivity contribution in [3.05, 3.63) is 78.6 Å². The standard InChI is InChI=1S/C28H27NO4S/c1-5-32-21-10-6-19(7-11-21)25-17-33-27-16-26(31-3)23(15-24(25)27)18(2)14-28(30)29-20-8-12-22(34-4)13-9-20/h6-17H,5H2,1-4H3,(H,29,30)/b18-14+. The Labute approximate surface area is 203 Å². The molecule has 6 heteroatoms. The van der Waals surface area contributed by atoms with E-state index in [0.29, 0.717) is 12.4 Å². The molecule has 5 nitrogen and oxygen atoms in total. The molecule has 0 saturated heterocycles. The highest BCUT2D eigenvalue weighted by atomic mass is 32.2. The number of fused-ring (bicyclic) bond motifs is 1. The number of furan rings is 1. The molecule has 0 aliphatic heterocycles. The van der Waals surface area contributed by atoms with E-state index in [9.17, 15) is 4.79 Å². The molecule has 4 aromatic rings. The Kier molecular flexibility index (Phi) is 7.28. The van der Waals surface area contributed by atoms with E-state index in [1.165, 1.54) is 0 Å². The van der Waals surface area contributed by atoms with Gasteiger partial charge in [0, 0.05) is 39.2 Å². The number of methoxy groups -OCH3 is 1. The third-order valence-corrected chi connectivity index (χ3v) is 6.25. The lowest BCUT2D eigenvalue weighted by Crippen LogP contribution is -2.08. The smallest absolute Gasteiger partial charge is 0.248 e. The summed E-state index contributed by atoms with van der Waals surface area (Å²) >= 11 is 1.66. The molecule has 174 valence electrons. The van der Waals surface area contributed by atoms with Crippen LogP contribution in [0.3, 0.4) is 0 Å². The molecule has 0 saturated carbocycles. The average molecular weight is 474 g/mol. The van der Waals surface area contributed by atoms with Crippen LogP contribution in [0.5, 0.6) is 11.5 Å². The summed E-state index contributed by atoms with van der Waals surface area (Å²) in [6, 6.07) is 19.5. The van der Waals surface area contributed by atoms with Gasteiger partial charge in [-0.3, -0.25) is 4.79 Å². The molecular formula is C28H27NO4S. The van der Waals surface area contributed by atoms with Gasteiger partial charge in [-0.1, -0.05) is 12.1 Å². The van der Waals surface area contributed by atoms with Crippen molar-refractivity contribution in [1.82, 2.24) is 0 Å². The van der Waals surface area contributed by atoms with E-state index < -0.39 is 0 Å². The molecule has 1 aromatic heterocycles. The van der Waals surface area contributed by atoms with Gasteiger partial charge in [0.15, 0.2) is 0 Å². The molecule has 0 aliphatic rings. The minimum atomic E-state index is -0.199. The van der Waals surface area contributed by atoms with Gasteiger partial charge in [0.1, 0.15) is 17.1 Å². The minimum Gasteiger partial charge on any atom is -0.496 e. The van der Waals surface area contributed by atoms with E-state index in [1.54, 1.807) is 31.2 Å². The molecule has 34 heavy (non-hydrogen) atoms. The largest absolute Gasteiger partial charge is 0.496 e. The van der Waals surface area contributed by atoms with Gasteiger partial charge in [-0.05, 0) is 73.7 Å². The quantitative estimate of drug-likeness (QED) is 0.215. The summed E-state index contributed by atoms with van der Waals surface area (Å²) in [6.45, 7) is 4.49. The maximum absolute atomic E-state index is 12.7. The molecule has 3 aromatic carbocycles. The van der Waals surface area contributed by atoms with Crippen molar-refractivity contribution in [1.29, 1.82) is 0 Å². The second kappa shape index (κ2) is 10.5. The lowest BCUT2D eigenvalue weighted by Gasteiger charge is -2.10. The molecule has 0 radical (unpaired) electrons. The van der Waals surface area contributed by atoms with Gasteiger partial charge in [-0.2, -0.15) is 0 Å². The number of benzene rings is 3. The fourth-order valence-electron chi connectivity index (χ4n) is 3.78. The van der Waals surface area contributed by atoms with Crippen molar-refractivity contribution in [3.63, 3.8) is 0 Å². The van der Waals surface area contributed by atoms with Crippen molar-refractivity contribution in [2.24, 2.45) is 0 Å². The number of thioether (sulfide) groups is 1. The van der Waals surface area contributed by atoms with Gasteiger partial charge in [-0.15, -0.1) is 11.8 Å². The Morgan fingerprint density at radius 2 is 1.82 bits per heavy atom. The number of carbonyl (C=O) groups excluding carboxylic acids is 1. The van der Waals surface area contributed by atoms with Crippen molar-refractivity contribution in [3.8, 4) is 22.6 Å². The number of nitrogens with one attached hydrogen (secondary N) is 1. The van der Waals surface area contributed by atoms with Crippen molar-refractivity contribution < 1.29 is 18.7 Å². The van der Waals surface area contributed by atoms with Gasteiger partial charge in [-0.25, -0.2) is 0 Å². The Morgan fingerprint density at radius 1 is 1.09 bits per heavy atom. The summed E-state index contributed by atoms with van der Waals surface area (Å²) in [5.41, 5.74) is 5.07. The normalized spacial score (nSPS) is 11.5. The first-order valence-electron chi connectivity index (χ1n) is 11.0. The highest BCUT2D eigenvalue weighted by Crippen LogP contribution is 2.37. The summed E-state index contributed by atoms with van der Waals surface area (Å²) in [6.07, 6.45) is 5.35. The lowest BCUT2D eigenvalue weighted by atomic mass is 9.99. The third kappa shape index (κ3) is 5.13. The van der Waals surface area contributed by atoms with Crippen LogP contribution in [0, 0.1) is 0 Å². The predicted octanol–water partition coefficient (Wildman–Crippen LogP) is 7.27. The molecular weight excluding hydrogens is 446 g/mol. The molecule has 0 unspecified atom stereocenters. The molecule has 4 rings (SSSR count). The van der Waals surface area contributed by atoms with Crippen LogP contribution in [0.1, 0.15) is 19.4 Å². The summed E-state index contributed by atoms with van der Waals surface area (Å²) < 4.78 is 17.0. The average Bonchev–Trinajstić information content (AvgIpc) is 3.27. The first-order valence-corrected chi connectivity index (χ1v) is 12.2. The fourth-order valence-corrected chi connectivity index (χ4v) is 4.19. The van der Waals surface area contributed by atoms with E-state index in [2.05, 4.69) is 5.32 Å². The molecule has 0 atom stereocenters. The van der Waals surface area contributed by atoms with Crippen molar-refractivity contribution >= 4 is 39.9 Å². The monoisotopic (exact) mass is 473 g/mol. The van der Waals surface area contributed by atoms with Crippen LogP contribution in [0.25, 0.3) is 27.7 Å². The fraction of sp³-hybridized carbons (Fsp3) is 0.179. The van der Waals surface area contributed by atoms with E-state index in [-0.39, 0.29) is 5.91 Å². The number of hydrogen-bond acceptors (Lipinski definition) is 5. The third-order valence-electron chi connectivity index (χ3n) is 5.50. The molecule has 0 aliphatic carbocycles. The zero-order valence-corrected chi connectivity index (χ0v) is 20.5. The van der Waals surface area contributed by atoms with E-state index in [0.717, 1.165) is 49.6 Å². The Balaban J connectivity index is 1.65. The molecule has 0 bridgehead atoms. The Morgan fingerprint density at radius 3 is 2.47 bits per heavy atom. The van der Waals surface area contributed by atoms with Crippen LogP contribution in [0.15, 0.2) is 82.3 Å². The molecule has 1 N–H and O–H groups in total. The van der Waals surface area contributed by atoms with Crippen molar-refractivity contribution in [2.45, 2.75) is 18.7 Å². The molecule has 0 fully saturated rings. The number of carbonyl (C=O) groups is 1. The summed E-state index contributed by atoms with van der Waals surface area (Å²) in [5, 5.41) is 3.87. The zero-order chi connectivity index (χ0) is 24.1. The van der Waals surface area contributed by atoms with E-state index >= 15 is 0 Å². The van der Waals surface area contributed by atoms with Crippen LogP contribution in [-0.2, 0) is 4.79 Å². The van der Waals surface area contributed by atoms with Crippen LogP contribution >= 0.6 is 11.8 Å². The Hall–Kier alpha value is -3.64. The second-order valence-corrected chi connectivity index (χ2v) is 8.58. The number of ether oxygens (including phenoxy) is 2. The van der Waals surface area contributed by atoms with Crippen LogP contribution in [-0.4, -0.2) is 25.9 Å². The number of rotatable bonds is 8. The highest BCUT2D eigenvalue weighted by molar-refractivity contribution is 7.98. The number of allylic oxidation sites excluding steroid dienone is 1. The molecule has 1 amide bonds. The first-order chi connectivity index (χ1) is 16.5. The number of anilines is 1.